The molecule has 0 aliphatic rings. The number of benzene rings is 1. The monoisotopic (exact) mass is 296 g/mol. The van der Waals surface area contributed by atoms with E-state index in [0.29, 0.717) is 30.4 Å². The lowest BCUT2D eigenvalue weighted by atomic mass is 10.1. The molecule has 0 amide bonds. The van der Waals surface area contributed by atoms with E-state index in [4.69, 9.17) is 16.3 Å². The van der Waals surface area contributed by atoms with Gasteiger partial charge >= 0.3 is 0 Å². The van der Waals surface area contributed by atoms with Crippen molar-refractivity contribution in [2.24, 2.45) is 0 Å². The van der Waals surface area contributed by atoms with Gasteiger partial charge in [0.2, 0.25) is 0 Å². The van der Waals surface area contributed by atoms with Crippen LogP contribution >= 0.6 is 11.6 Å². The lowest BCUT2D eigenvalue weighted by Crippen LogP contribution is -2.09. The Balaban J connectivity index is 2.52. The summed E-state index contributed by atoms with van der Waals surface area (Å²) in [6, 6.07) is 6.41. The molecule has 0 aliphatic heterocycles. The van der Waals surface area contributed by atoms with Crippen LogP contribution in [-0.2, 0) is 17.2 Å². The number of ether oxygens (including phenoxy) is 1. The Kier molecular flexibility index (Phi) is 4.65. The van der Waals surface area contributed by atoms with Gasteiger partial charge in [-0.25, -0.2) is 0 Å². The van der Waals surface area contributed by atoms with Gasteiger partial charge in [0.15, 0.2) is 5.82 Å². The lowest BCUT2D eigenvalue weighted by molar-refractivity contribution is -0.384. The van der Waals surface area contributed by atoms with Gasteiger partial charge in [0.05, 0.1) is 23.0 Å². The minimum Gasteiger partial charge on any atom is -0.383 e. The van der Waals surface area contributed by atoms with Crippen molar-refractivity contribution in [3.63, 3.8) is 0 Å². The van der Waals surface area contributed by atoms with Crippen LogP contribution in [0.25, 0.3) is 11.4 Å². The largest absolute Gasteiger partial charge is 0.383 e. The minimum atomic E-state index is -0.439. The number of nitro groups is 1. The van der Waals surface area contributed by atoms with Gasteiger partial charge in [-0.3, -0.25) is 10.1 Å². The summed E-state index contributed by atoms with van der Waals surface area (Å²) in [5, 5.41) is 19.1. The summed E-state index contributed by atoms with van der Waals surface area (Å²) < 4.78 is 6.76. The van der Waals surface area contributed by atoms with Crippen LogP contribution in [0.2, 0.25) is 0 Å². The average Bonchev–Trinajstić information content (AvgIpc) is 2.87. The van der Waals surface area contributed by atoms with Gasteiger partial charge in [-0.05, 0) is 6.07 Å². The Labute approximate surface area is 120 Å². The number of nitrogens with zero attached hydrogens (tertiary/aromatic N) is 4. The molecule has 0 aliphatic carbocycles. The first kappa shape index (κ1) is 14.4. The van der Waals surface area contributed by atoms with E-state index in [1.807, 2.05) is 0 Å². The molecule has 0 saturated carbocycles. The van der Waals surface area contributed by atoms with Crippen LogP contribution in [0, 0.1) is 10.1 Å². The fourth-order valence-corrected chi connectivity index (χ4v) is 2.07. The van der Waals surface area contributed by atoms with E-state index in [1.54, 1.807) is 29.9 Å². The average molecular weight is 297 g/mol. The number of para-hydroxylation sites is 1. The number of rotatable bonds is 6. The van der Waals surface area contributed by atoms with Crippen LogP contribution in [0.1, 0.15) is 5.82 Å². The second-order valence-corrected chi connectivity index (χ2v) is 4.26. The van der Waals surface area contributed by atoms with Crippen molar-refractivity contribution in [2.45, 2.75) is 12.4 Å². The first-order valence-electron chi connectivity index (χ1n) is 5.89. The summed E-state index contributed by atoms with van der Waals surface area (Å²) in [5.74, 6) is 1.15. The first-order chi connectivity index (χ1) is 9.69. The summed E-state index contributed by atoms with van der Waals surface area (Å²) in [4.78, 5) is 10.7. The van der Waals surface area contributed by atoms with Crippen LogP contribution in [-0.4, -0.2) is 33.4 Å². The molecule has 0 radical (unpaired) electrons. The highest BCUT2D eigenvalue weighted by atomic mass is 35.5. The number of aromatic nitrogens is 3. The molecule has 2 rings (SSSR count). The molecule has 7 nitrogen and oxygen atoms in total. The van der Waals surface area contributed by atoms with Crippen molar-refractivity contribution in [1.29, 1.82) is 0 Å². The van der Waals surface area contributed by atoms with Crippen molar-refractivity contribution in [2.75, 3.05) is 13.7 Å². The third-order valence-electron chi connectivity index (χ3n) is 2.81. The molecule has 20 heavy (non-hydrogen) atoms. The maximum Gasteiger partial charge on any atom is 0.280 e. The zero-order valence-electron chi connectivity index (χ0n) is 10.8. The number of hydrogen-bond acceptors (Lipinski definition) is 5. The molecule has 0 saturated heterocycles. The Hall–Kier alpha value is -1.99. The Morgan fingerprint density at radius 3 is 2.80 bits per heavy atom. The third kappa shape index (κ3) is 2.78. The summed E-state index contributed by atoms with van der Waals surface area (Å²) in [6.45, 7) is 0.919. The lowest BCUT2D eigenvalue weighted by Gasteiger charge is -2.08. The molecule has 0 atom stereocenters. The Bertz CT molecular complexity index is 614. The van der Waals surface area contributed by atoms with E-state index >= 15 is 0 Å². The van der Waals surface area contributed by atoms with Crippen molar-refractivity contribution in [3.05, 3.63) is 40.2 Å². The SMILES string of the molecule is COCCn1c(CCl)nnc1-c1ccccc1[N+](=O)[O-]. The van der Waals surface area contributed by atoms with Crippen molar-refractivity contribution in [3.8, 4) is 11.4 Å². The highest BCUT2D eigenvalue weighted by Gasteiger charge is 2.21. The topological polar surface area (TPSA) is 83.1 Å². The third-order valence-corrected chi connectivity index (χ3v) is 3.05. The highest BCUT2D eigenvalue weighted by Crippen LogP contribution is 2.28. The predicted molar refractivity (Wildman–Crippen MR) is 73.5 cm³/mol. The molecule has 1 aromatic carbocycles. The number of alkyl halides is 1. The van der Waals surface area contributed by atoms with E-state index in [2.05, 4.69) is 10.2 Å². The maximum absolute atomic E-state index is 11.1. The smallest absolute Gasteiger partial charge is 0.280 e. The normalized spacial score (nSPS) is 10.7. The van der Waals surface area contributed by atoms with Crippen LogP contribution in [0.5, 0.6) is 0 Å². The number of hydrogen-bond donors (Lipinski definition) is 0. The van der Waals surface area contributed by atoms with E-state index in [9.17, 15) is 10.1 Å². The van der Waals surface area contributed by atoms with Crippen molar-refractivity contribution in [1.82, 2.24) is 14.8 Å². The number of nitro benzene ring substituents is 1. The molecule has 0 unspecified atom stereocenters. The van der Waals surface area contributed by atoms with Crippen molar-refractivity contribution >= 4 is 17.3 Å². The molecule has 8 heteroatoms. The van der Waals surface area contributed by atoms with E-state index in [-0.39, 0.29) is 11.6 Å². The zero-order chi connectivity index (χ0) is 14.5. The standard InChI is InChI=1S/C12H13ClN4O3/c1-20-7-6-16-11(8-13)14-15-12(16)9-4-2-3-5-10(9)17(18)19/h2-5H,6-8H2,1H3. The van der Waals surface area contributed by atoms with Crippen LogP contribution < -0.4 is 0 Å². The fourth-order valence-electron chi connectivity index (χ4n) is 1.87. The minimum absolute atomic E-state index is 0.0142. The molecule has 0 bridgehead atoms. The Morgan fingerprint density at radius 1 is 1.40 bits per heavy atom. The molecular formula is C12H13ClN4O3. The van der Waals surface area contributed by atoms with Gasteiger partial charge in [0.1, 0.15) is 5.82 Å². The van der Waals surface area contributed by atoms with Gasteiger partial charge in [0.25, 0.3) is 5.69 Å². The van der Waals surface area contributed by atoms with Crippen LogP contribution in [0.3, 0.4) is 0 Å². The molecule has 1 aromatic heterocycles. The van der Waals surface area contributed by atoms with Gasteiger partial charge < -0.3 is 9.30 Å². The van der Waals surface area contributed by atoms with Crippen LogP contribution in [0.4, 0.5) is 5.69 Å². The molecule has 0 spiro atoms. The Morgan fingerprint density at radius 2 is 2.15 bits per heavy atom. The maximum atomic E-state index is 11.1. The van der Waals surface area contributed by atoms with E-state index in [0.717, 1.165) is 0 Å². The molecule has 0 N–H and O–H groups in total. The second-order valence-electron chi connectivity index (χ2n) is 3.99. The van der Waals surface area contributed by atoms with E-state index < -0.39 is 4.92 Å². The van der Waals surface area contributed by atoms with Gasteiger partial charge in [-0.15, -0.1) is 21.8 Å². The molecular weight excluding hydrogens is 284 g/mol. The summed E-state index contributed by atoms with van der Waals surface area (Å²) >= 11 is 5.82. The molecule has 0 fully saturated rings. The molecule has 2 aromatic rings. The quantitative estimate of drug-likeness (QED) is 0.464. The summed E-state index contributed by atoms with van der Waals surface area (Å²) in [5.41, 5.74) is 0.400. The van der Waals surface area contributed by atoms with Gasteiger partial charge in [-0.2, -0.15) is 0 Å². The van der Waals surface area contributed by atoms with Gasteiger partial charge in [-0.1, -0.05) is 12.1 Å². The van der Waals surface area contributed by atoms with Crippen molar-refractivity contribution < 1.29 is 9.66 Å². The number of methoxy groups -OCH3 is 1. The second kappa shape index (κ2) is 6.44. The zero-order valence-corrected chi connectivity index (χ0v) is 11.6. The fraction of sp³-hybridized carbons (Fsp3) is 0.333. The van der Waals surface area contributed by atoms with Crippen LogP contribution in [0.15, 0.2) is 24.3 Å². The van der Waals surface area contributed by atoms with Gasteiger partial charge in [0, 0.05) is 19.7 Å². The highest BCUT2D eigenvalue weighted by molar-refractivity contribution is 6.16. The summed E-state index contributed by atoms with van der Waals surface area (Å²) in [7, 11) is 1.58. The number of halogens is 1. The first-order valence-corrected chi connectivity index (χ1v) is 6.43. The molecule has 106 valence electrons. The predicted octanol–water partition coefficient (Wildman–Crippen LogP) is 2.24. The summed E-state index contributed by atoms with van der Waals surface area (Å²) in [6.07, 6.45) is 0. The molecule has 1 heterocycles. The van der Waals surface area contributed by atoms with E-state index in [1.165, 1.54) is 6.07 Å².